The Morgan fingerprint density at radius 2 is 1.73 bits per heavy atom. The summed E-state index contributed by atoms with van der Waals surface area (Å²) < 4.78 is 11.0. The van der Waals surface area contributed by atoms with Gasteiger partial charge in [-0.15, -0.1) is 0 Å². The van der Waals surface area contributed by atoms with Crippen molar-refractivity contribution < 1.29 is 9.47 Å². The lowest BCUT2D eigenvalue weighted by Gasteiger charge is -2.10. The van der Waals surface area contributed by atoms with Gasteiger partial charge in [-0.2, -0.15) is 0 Å². The van der Waals surface area contributed by atoms with E-state index in [0.29, 0.717) is 13.2 Å². The number of ether oxygens (including phenoxy) is 2. The minimum Gasteiger partial charge on any atom is -0.494 e. The molecule has 0 bridgehead atoms. The van der Waals surface area contributed by atoms with Crippen LogP contribution in [0.3, 0.4) is 0 Å². The summed E-state index contributed by atoms with van der Waals surface area (Å²) in [5.41, 5.74) is 5.37. The first-order valence-corrected chi connectivity index (χ1v) is 5.32. The fraction of sp³-hybridized carbons (Fsp3) is 0.500. The van der Waals surface area contributed by atoms with E-state index >= 15 is 0 Å². The zero-order valence-electron chi connectivity index (χ0n) is 9.40. The summed E-state index contributed by atoms with van der Waals surface area (Å²) >= 11 is 0. The van der Waals surface area contributed by atoms with Gasteiger partial charge >= 0.3 is 0 Å². The van der Waals surface area contributed by atoms with Gasteiger partial charge in [-0.05, 0) is 51.1 Å². The van der Waals surface area contributed by atoms with Crippen LogP contribution in [0.2, 0.25) is 0 Å². The first kappa shape index (κ1) is 11.9. The molecule has 0 aromatic heterocycles. The molecular weight excluding hydrogens is 190 g/mol. The van der Waals surface area contributed by atoms with Crippen molar-refractivity contribution in [1.29, 1.82) is 0 Å². The van der Waals surface area contributed by atoms with Crippen molar-refractivity contribution in [3.8, 4) is 11.5 Å². The molecule has 0 fully saturated rings. The Hall–Kier alpha value is -1.22. The molecule has 15 heavy (non-hydrogen) atoms. The van der Waals surface area contributed by atoms with Crippen LogP contribution in [0.25, 0.3) is 0 Å². The molecule has 0 heterocycles. The van der Waals surface area contributed by atoms with Crippen LogP contribution in [-0.4, -0.2) is 19.3 Å². The highest BCUT2D eigenvalue weighted by Crippen LogP contribution is 2.18. The van der Waals surface area contributed by atoms with Crippen molar-refractivity contribution in [2.45, 2.75) is 26.4 Å². The highest BCUT2D eigenvalue weighted by atomic mass is 16.5. The molecule has 0 saturated heterocycles. The van der Waals surface area contributed by atoms with Crippen LogP contribution >= 0.6 is 0 Å². The van der Waals surface area contributed by atoms with E-state index in [2.05, 4.69) is 0 Å². The molecule has 2 N–H and O–H groups in total. The predicted molar refractivity (Wildman–Crippen MR) is 61.4 cm³/mol. The molecule has 1 aromatic carbocycles. The number of nitrogens with two attached hydrogens (primary N) is 1. The molecule has 0 amide bonds. The van der Waals surface area contributed by atoms with Crippen LogP contribution in [0.1, 0.15) is 20.3 Å². The van der Waals surface area contributed by atoms with Gasteiger partial charge in [-0.1, -0.05) is 0 Å². The molecule has 84 valence electrons. The van der Waals surface area contributed by atoms with Gasteiger partial charge in [0.25, 0.3) is 0 Å². The lowest BCUT2D eigenvalue weighted by molar-refractivity contribution is 0.241. The Morgan fingerprint density at radius 1 is 1.13 bits per heavy atom. The van der Waals surface area contributed by atoms with E-state index in [1.54, 1.807) is 0 Å². The molecule has 0 aliphatic carbocycles. The van der Waals surface area contributed by atoms with Crippen LogP contribution in [-0.2, 0) is 0 Å². The topological polar surface area (TPSA) is 44.5 Å². The fourth-order valence-electron chi connectivity index (χ4n) is 1.16. The predicted octanol–water partition coefficient (Wildman–Crippen LogP) is 2.20. The minimum absolute atomic E-state index is 0.203. The van der Waals surface area contributed by atoms with E-state index in [-0.39, 0.29) is 6.10 Å². The maximum atomic E-state index is 5.52. The van der Waals surface area contributed by atoms with Gasteiger partial charge in [0.2, 0.25) is 0 Å². The number of hydrogen-bond donors (Lipinski definition) is 1. The van der Waals surface area contributed by atoms with Crippen molar-refractivity contribution in [2.75, 3.05) is 13.2 Å². The molecule has 1 aromatic rings. The number of rotatable bonds is 6. The van der Waals surface area contributed by atoms with Crippen LogP contribution in [0.4, 0.5) is 0 Å². The zero-order chi connectivity index (χ0) is 11.1. The van der Waals surface area contributed by atoms with Gasteiger partial charge in [0.05, 0.1) is 12.7 Å². The summed E-state index contributed by atoms with van der Waals surface area (Å²) in [6.45, 7) is 5.34. The molecule has 0 radical (unpaired) electrons. The second-order valence-corrected chi connectivity index (χ2v) is 3.63. The third-order valence-electron chi connectivity index (χ3n) is 1.81. The van der Waals surface area contributed by atoms with Gasteiger partial charge in [0.1, 0.15) is 11.5 Å². The standard InChI is InChI=1S/C12H19NO2/c1-10(2)15-12-6-4-11(5-7-12)14-9-3-8-13/h4-7,10H,3,8-9,13H2,1-2H3. The van der Waals surface area contributed by atoms with Crippen molar-refractivity contribution in [3.05, 3.63) is 24.3 Å². The Morgan fingerprint density at radius 3 is 2.27 bits per heavy atom. The molecule has 0 unspecified atom stereocenters. The van der Waals surface area contributed by atoms with Crippen molar-refractivity contribution in [3.63, 3.8) is 0 Å². The van der Waals surface area contributed by atoms with E-state index in [1.807, 2.05) is 38.1 Å². The van der Waals surface area contributed by atoms with Gasteiger partial charge < -0.3 is 15.2 Å². The second kappa shape index (κ2) is 6.30. The lowest BCUT2D eigenvalue weighted by Crippen LogP contribution is -2.06. The SMILES string of the molecule is CC(C)Oc1ccc(OCCCN)cc1. The first-order valence-electron chi connectivity index (χ1n) is 5.32. The van der Waals surface area contributed by atoms with Crippen molar-refractivity contribution >= 4 is 0 Å². The van der Waals surface area contributed by atoms with Gasteiger partial charge in [-0.3, -0.25) is 0 Å². The van der Waals surface area contributed by atoms with Gasteiger partial charge in [0, 0.05) is 0 Å². The minimum atomic E-state index is 0.203. The maximum absolute atomic E-state index is 5.52. The molecule has 0 aliphatic heterocycles. The summed E-state index contributed by atoms with van der Waals surface area (Å²) in [5.74, 6) is 1.73. The smallest absolute Gasteiger partial charge is 0.119 e. The van der Waals surface area contributed by atoms with Crippen LogP contribution in [0.5, 0.6) is 11.5 Å². The average Bonchev–Trinajstić information content (AvgIpc) is 2.20. The summed E-state index contributed by atoms with van der Waals surface area (Å²) in [6, 6.07) is 7.65. The zero-order valence-corrected chi connectivity index (χ0v) is 9.40. The lowest BCUT2D eigenvalue weighted by atomic mass is 10.3. The maximum Gasteiger partial charge on any atom is 0.119 e. The molecule has 0 spiro atoms. The molecule has 1 rings (SSSR count). The van der Waals surface area contributed by atoms with Crippen LogP contribution in [0.15, 0.2) is 24.3 Å². The first-order chi connectivity index (χ1) is 7.22. The third-order valence-corrected chi connectivity index (χ3v) is 1.81. The van der Waals surface area contributed by atoms with Crippen molar-refractivity contribution in [1.82, 2.24) is 0 Å². The third kappa shape index (κ3) is 4.70. The molecule has 0 aliphatic rings. The van der Waals surface area contributed by atoms with E-state index < -0.39 is 0 Å². The summed E-state index contributed by atoms with van der Waals surface area (Å²) in [6.07, 6.45) is 1.08. The number of benzene rings is 1. The summed E-state index contributed by atoms with van der Waals surface area (Å²) in [5, 5.41) is 0. The van der Waals surface area contributed by atoms with E-state index in [9.17, 15) is 0 Å². The van der Waals surface area contributed by atoms with Crippen LogP contribution < -0.4 is 15.2 Å². The molecular formula is C12H19NO2. The summed E-state index contributed by atoms with van der Waals surface area (Å²) in [7, 11) is 0. The summed E-state index contributed by atoms with van der Waals surface area (Å²) in [4.78, 5) is 0. The molecule has 0 atom stereocenters. The Labute approximate surface area is 91.2 Å². The molecule has 3 nitrogen and oxygen atoms in total. The number of hydrogen-bond acceptors (Lipinski definition) is 3. The van der Waals surface area contributed by atoms with E-state index in [4.69, 9.17) is 15.2 Å². The van der Waals surface area contributed by atoms with Gasteiger partial charge in [0.15, 0.2) is 0 Å². The monoisotopic (exact) mass is 209 g/mol. The van der Waals surface area contributed by atoms with E-state index in [0.717, 1.165) is 17.9 Å². The average molecular weight is 209 g/mol. The van der Waals surface area contributed by atoms with Gasteiger partial charge in [-0.25, -0.2) is 0 Å². The Balaban J connectivity index is 2.42. The highest BCUT2D eigenvalue weighted by Gasteiger charge is 1.98. The molecule has 3 heteroatoms. The second-order valence-electron chi connectivity index (χ2n) is 3.63. The Bertz CT molecular complexity index is 269. The molecule has 0 saturated carbocycles. The van der Waals surface area contributed by atoms with E-state index in [1.165, 1.54) is 0 Å². The highest BCUT2D eigenvalue weighted by molar-refractivity contribution is 5.31. The van der Waals surface area contributed by atoms with Crippen LogP contribution in [0, 0.1) is 0 Å². The normalized spacial score (nSPS) is 10.4. The Kier molecular flexibility index (Phi) is 4.98. The quantitative estimate of drug-likeness (QED) is 0.730. The van der Waals surface area contributed by atoms with Crippen molar-refractivity contribution in [2.24, 2.45) is 5.73 Å². The largest absolute Gasteiger partial charge is 0.494 e. The fourth-order valence-corrected chi connectivity index (χ4v) is 1.16.